The zero-order valence-electron chi connectivity index (χ0n) is 21.8. The summed E-state index contributed by atoms with van der Waals surface area (Å²) in [5.41, 5.74) is 12.7. The molecule has 3 aromatic carbocycles. The van der Waals surface area contributed by atoms with Crippen molar-refractivity contribution in [2.45, 2.75) is 31.7 Å². The summed E-state index contributed by atoms with van der Waals surface area (Å²) in [6.07, 6.45) is 4.56. The van der Waals surface area contributed by atoms with Gasteiger partial charge in [0.25, 0.3) is 5.91 Å². The second-order valence-corrected chi connectivity index (χ2v) is 10.3. The largest absolute Gasteiger partial charge is 0.457 e. The Balaban J connectivity index is 1.32. The SMILES string of the molecule is N=C(N)c1ccc(Oc2cc(Oc3ccc(C(=N)N)cc3)cc(C(=O)NC3CCN(CC4CC4)CC3)c2)cc1. The molecule has 1 saturated carbocycles. The highest BCUT2D eigenvalue weighted by molar-refractivity contribution is 5.96. The monoisotopic (exact) mass is 526 g/mol. The van der Waals surface area contributed by atoms with E-state index in [0.717, 1.165) is 31.8 Å². The van der Waals surface area contributed by atoms with Gasteiger partial charge in [-0.25, -0.2) is 0 Å². The molecule has 2 aliphatic rings. The average molecular weight is 527 g/mol. The highest BCUT2D eigenvalue weighted by Gasteiger charge is 2.27. The van der Waals surface area contributed by atoms with Crippen LogP contribution in [0.15, 0.2) is 66.7 Å². The number of nitrogens with zero attached hydrogens (tertiary/aromatic N) is 1. The zero-order chi connectivity index (χ0) is 27.4. The number of hydrogen-bond donors (Lipinski definition) is 5. The third kappa shape index (κ3) is 7.14. The average Bonchev–Trinajstić information content (AvgIpc) is 3.74. The minimum Gasteiger partial charge on any atom is -0.457 e. The molecule has 9 nitrogen and oxygen atoms in total. The molecular formula is C30H34N6O3. The van der Waals surface area contributed by atoms with E-state index in [4.69, 9.17) is 31.8 Å². The quantitative estimate of drug-likeness (QED) is 0.195. The van der Waals surface area contributed by atoms with E-state index in [1.165, 1.54) is 19.4 Å². The molecule has 1 saturated heterocycles. The second kappa shape index (κ2) is 11.6. The Morgan fingerprint density at radius 2 is 1.23 bits per heavy atom. The second-order valence-electron chi connectivity index (χ2n) is 10.3. The first-order valence-corrected chi connectivity index (χ1v) is 13.3. The van der Waals surface area contributed by atoms with E-state index < -0.39 is 0 Å². The molecule has 0 bridgehead atoms. The van der Waals surface area contributed by atoms with Gasteiger partial charge in [-0.15, -0.1) is 0 Å². The fourth-order valence-electron chi connectivity index (χ4n) is 4.69. The predicted octanol–water partition coefficient (Wildman–Crippen LogP) is 4.44. The molecule has 3 aromatic rings. The smallest absolute Gasteiger partial charge is 0.251 e. The number of hydrogen-bond acceptors (Lipinski definition) is 6. The number of ether oxygens (including phenoxy) is 2. The molecule has 0 spiro atoms. The summed E-state index contributed by atoms with van der Waals surface area (Å²) in [7, 11) is 0. The third-order valence-electron chi connectivity index (χ3n) is 7.08. The summed E-state index contributed by atoms with van der Waals surface area (Å²) in [5, 5.41) is 18.4. The summed E-state index contributed by atoms with van der Waals surface area (Å²) in [5.74, 6) is 2.60. The molecule has 202 valence electrons. The van der Waals surface area contributed by atoms with Crippen molar-refractivity contribution in [2.75, 3.05) is 19.6 Å². The lowest BCUT2D eigenvalue weighted by Gasteiger charge is -2.32. The molecule has 7 N–H and O–H groups in total. The maximum absolute atomic E-state index is 13.3. The molecule has 1 aliphatic heterocycles. The van der Waals surface area contributed by atoms with Gasteiger partial charge >= 0.3 is 0 Å². The molecule has 1 amide bonds. The molecule has 0 aromatic heterocycles. The van der Waals surface area contributed by atoms with E-state index in [2.05, 4.69) is 10.2 Å². The van der Waals surface area contributed by atoms with Gasteiger partial charge in [0.15, 0.2) is 0 Å². The van der Waals surface area contributed by atoms with Crippen molar-refractivity contribution in [3.8, 4) is 23.0 Å². The number of likely N-dealkylation sites (tertiary alicyclic amines) is 1. The van der Waals surface area contributed by atoms with Crippen LogP contribution in [0.5, 0.6) is 23.0 Å². The minimum atomic E-state index is -0.176. The van der Waals surface area contributed by atoms with Crippen LogP contribution < -0.4 is 26.3 Å². The van der Waals surface area contributed by atoms with Crippen molar-refractivity contribution >= 4 is 17.6 Å². The summed E-state index contributed by atoms with van der Waals surface area (Å²) in [6, 6.07) is 18.9. The van der Waals surface area contributed by atoms with Crippen LogP contribution in [0, 0.1) is 16.7 Å². The molecule has 0 atom stereocenters. The van der Waals surface area contributed by atoms with Crippen molar-refractivity contribution in [1.82, 2.24) is 10.2 Å². The molecule has 9 heteroatoms. The number of piperidine rings is 1. The van der Waals surface area contributed by atoms with Crippen LogP contribution in [0.3, 0.4) is 0 Å². The van der Waals surface area contributed by atoms with E-state index in [-0.39, 0.29) is 23.6 Å². The van der Waals surface area contributed by atoms with Gasteiger partial charge in [0.05, 0.1) is 0 Å². The topological polar surface area (TPSA) is 151 Å². The Hall–Kier alpha value is -4.37. The Morgan fingerprint density at radius 3 is 1.67 bits per heavy atom. The van der Waals surface area contributed by atoms with Gasteiger partial charge < -0.3 is 31.2 Å². The van der Waals surface area contributed by atoms with E-state index in [0.29, 0.717) is 39.7 Å². The molecule has 1 heterocycles. The Labute approximate surface area is 228 Å². The lowest BCUT2D eigenvalue weighted by molar-refractivity contribution is 0.0909. The number of benzene rings is 3. The van der Waals surface area contributed by atoms with Crippen LogP contribution >= 0.6 is 0 Å². The first-order valence-electron chi connectivity index (χ1n) is 13.3. The van der Waals surface area contributed by atoms with Crippen molar-refractivity contribution in [1.29, 1.82) is 10.8 Å². The molecule has 1 aliphatic carbocycles. The van der Waals surface area contributed by atoms with Crippen molar-refractivity contribution in [3.05, 3.63) is 83.4 Å². The molecule has 0 unspecified atom stereocenters. The van der Waals surface area contributed by atoms with Gasteiger partial charge in [-0.2, -0.15) is 0 Å². The summed E-state index contributed by atoms with van der Waals surface area (Å²) >= 11 is 0. The van der Waals surface area contributed by atoms with Gasteiger partial charge in [-0.1, -0.05) is 0 Å². The zero-order valence-corrected chi connectivity index (χ0v) is 21.8. The van der Waals surface area contributed by atoms with Crippen LogP contribution in [-0.4, -0.2) is 48.2 Å². The lowest BCUT2D eigenvalue weighted by Crippen LogP contribution is -2.45. The third-order valence-corrected chi connectivity index (χ3v) is 7.08. The van der Waals surface area contributed by atoms with Crippen molar-refractivity contribution < 1.29 is 14.3 Å². The lowest BCUT2D eigenvalue weighted by atomic mass is 10.0. The van der Waals surface area contributed by atoms with Crippen LogP contribution in [-0.2, 0) is 0 Å². The number of nitrogens with two attached hydrogens (primary N) is 2. The summed E-state index contributed by atoms with van der Waals surface area (Å²) in [4.78, 5) is 15.8. The number of amidine groups is 2. The van der Waals surface area contributed by atoms with Crippen molar-refractivity contribution in [2.24, 2.45) is 17.4 Å². The fourth-order valence-corrected chi connectivity index (χ4v) is 4.69. The maximum Gasteiger partial charge on any atom is 0.251 e. The highest BCUT2D eigenvalue weighted by Crippen LogP contribution is 2.32. The number of carbonyl (C=O) groups is 1. The standard InChI is InChI=1S/C30H34N6O3/c31-28(32)20-3-7-24(8-4-20)38-26-15-22(16-27(17-26)39-25-9-5-21(6-10-25)29(33)34)30(37)35-23-11-13-36(14-12-23)18-19-1-2-19/h3-10,15-17,19,23H,1-2,11-14,18H2,(H3,31,32)(H3,33,34)(H,35,37). The van der Waals surface area contributed by atoms with E-state index in [1.807, 2.05) is 0 Å². The van der Waals surface area contributed by atoms with Crippen molar-refractivity contribution in [3.63, 3.8) is 0 Å². The number of nitrogens with one attached hydrogen (secondary N) is 3. The normalized spacial score (nSPS) is 15.9. The van der Waals surface area contributed by atoms with E-state index in [1.54, 1.807) is 66.7 Å². The van der Waals surface area contributed by atoms with Crippen LogP contribution in [0.4, 0.5) is 0 Å². The number of nitrogen functional groups attached to an aromatic ring is 2. The number of carbonyl (C=O) groups excluding carboxylic acids is 1. The van der Waals surface area contributed by atoms with E-state index in [9.17, 15) is 4.79 Å². The predicted molar refractivity (Wildman–Crippen MR) is 151 cm³/mol. The molecule has 0 radical (unpaired) electrons. The first kappa shape index (κ1) is 26.2. The summed E-state index contributed by atoms with van der Waals surface area (Å²) in [6.45, 7) is 3.19. The number of amides is 1. The minimum absolute atomic E-state index is 0.0231. The Kier molecular flexibility index (Phi) is 7.79. The van der Waals surface area contributed by atoms with Gasteiger partial charge in [0, 0.05) is 48.4 Å². The molecule has 2 fully saturated rings. The van der Waals surface area contributed by atoms with Gasteiger partial charge in [0.2, 0.25) is 0 Å². The Bertz CT molecular complexity index is 1270. The molecule has 5 rings (SSSR count). The molecule has 39 heavy (non-hydrogen) atoms. The Morgan fingerprint density at radius 1 is 0.744 bits per heavy atom. The van der Waals surface area contributed by atoms with Gasteiger partial charge in [-0.05, 0) is 92.3 Å². The summed E-state index contributed by atoms with van der Waals surface area (Å²) < 4.78 is 12.1. The number of rotatable bonds is 10. The highest BCUT2D eigenvalue weighted by atomic mass is 16.5. The van der Waals surface area contributed by atoms with Crippen LogP contribution in [0.2, 0.25) is 0 Å². The van der Waals surface area contributed by atoms with Crippen LogP contribution in [0.1, 0.15) is 47.2 Å². The fraction of sp³-hybridized carbons (Fsp3) is 0.300. The van der Waals surface area contributed by atoms with Gasteiger partial charge in [0.1, 0.15) is 34.7 Å². The molecular weight excluding hydrogens is 492 g/mol. The van der Waals surface area contributed by atoms with Gasteiger partial charge in [-0.3, -0.25) is 15.6 Å². The first-order chi connectivity index (χ1) is 18.8. The van der Waals surface area contributed by atoms with Crippen LogP contribution in [0.25, 0.3) is 0 Å². The maximum atomic E-state index is 13.3. The van der Waals surface area contributed by atoms with E-state index >= 15 is 0 Å².